The fourth-order valence-electron chi connectivity index (χ4n) is 3.37. The number of sulfonamides is 1. The second-order valence-corrected chi connectivity index (χ2v) is 8.56. The van der Waals surface area contributed by atoms with Crippen LogP contribution in [0.4, 0.5) is 5.82 Å². The number of anilines is 1. The third-order valence-corrected chi connectivity index (χ3v) is 6.67. The SMILES string of the molecule is COc1ccc(S(=O)(=O)N2c3ccnn3C(C)=CC2c2ccc(C)cc2)cc1. The fraction of sp³-hybridized carbons (Fsp3) is 0.190. The second kappa shape index (κ2) is 6.83. The molecule has 0 aliphatic carbocycles. The largest absolute Gasteiger partial charge is 0.497 e. The van der Waals surface area contributed by atoms with Crippen LogP contribution in [0.5, 0.6) is 5.75 Å². The molecule has 1 aromatic heterocycles. The summed E-state index contributed by atoms with van der Waals surface area (Å²) >= 11 is 0. The van der Waals surface area contributed by atoms with Gasteiger partial charge >= 0.3 is 0 Å². The Balaban J connectivity index is 1.88. The highest BCUT2D eigenvalue weighted by molar-refractivity contribution is 7.92. The summed E-state index contributed by atoms with van der Waals surface area (Å²) < 4.78 is 35.5. The third-order valence-electron chi connectivity index (χ3n) is 4.87. The van der Waals surface area contributed by atoms with Gasteiger partial charge in [0.1, 0.15) is 11.6 Å². The van der Waals surface area contributed by atoms with E-state index >= 15 is 0 Å². The van der Waals surface area contributed by atoms with E-state index in [9.17, 15) is 8.42 Å². The summed E-state index contributed by atoms with van der Waals surface area (Å²) in [5.41, 5.74) is 2.90. The van der Waals surface area contributed by atoms with Gasteiger partial charge in [-0.3, -0.25) is 0 Å². The number of allylic oxidation sites excluding steroid dienone is 1. The van der Waals surface area contributed by atoms with E-state index in [0.717, 1.165) is 16.8 Å². The van der Waals surface area contributed by atoms with Gasteiger partial charge in [0.15, 0.2) is 0 Å². The molecule has 0 saturated heterocycles. The van der Waals surface area contributed by atoms with Crippen LogP contribution in [0.15, 0.2) is 71.8 Å². The number of ether oxygens (including phenoxy) is 1. The van der Waals surface area contributed by atoms with Crippen molar-refractivity contribution in [1.82, 2.24) is 9.78 Å². The molecule has 3 aromatic rings. The van der Waals surface area contributed by atoms with Crippen molar-refractivity contribution in [3.05, 3.63) is 78.0 Å². The molecule has 1 aliphatic heterocycles. The lowest BCUT2D eigenvalue weighted by Crippen LogP contribution is -2.38. The van der Waals surface area contributed by atoms with Crippen molar-refractivity contribution < 1.29 is 13.2 Å². The number of hydrogen-bond acceptors (Lipinski definition) is 4. The van der Waals surface area contributed by atoms with Crippen molar-refractivity contribution in [1.29, 1.82) is 0 Å². The zero-order valence-corrected chi connectivity index (χ0v) is 16.7. The minimum atomic E-state index is -3.83. The number of aromatic nitrogens is 2. The molecule has 2 heterocycles. The van der Waals surface area contributed by atoms with Gasteiger partial charge in [0.25, 0.3) is 10.0 Å². The molecule has 0 radical (unpaired) electrons. The highest BCUT2D eigenvalue weighted by Crippen LogP contribution is 2.39. The van der Waals surface area contributed by atoms with Crippen molar-refractivity contribution in [2.24, 2.45) is 0 Å². The molecule has 0 amide bonds. The van der Waals surface area contributed by atoms with Crippen LogP contribution >= 0.6 is 0 Å². The van der Waals surface area contributed by atoms with Crippen molar-refractivity contribution in [2.45, 2.75) is 24.8 Å². The van der Waals surface area contributed by atoms with Crippen LogP contribution in [-0.2, 0) is 10.0 Å². The molecule has 2 aromatic carbocycles. The van der Waals surface area contributed by atoms with Gasteiger partial charge in [-0.2, -0.15) is 5.10 Å². The number of benzene rings is 2. The van der Waals surface area contributed by atoms with Crippen molar-refractivity contribution >= 4 is 21.5 Å². The van der Waals surface area contributed by atoms with Gasteiger partial charge in [0, 0.05) is 11.8 Å². The Labute approximate surface area is 164 Å². The zero-order valence-electron chi connectivity index (χ0n) is 15.9. The molecular formula is C21H21N3O3S. The van der Waals surface area contributed by atoms with E-state index < -0.39 is 16.1 Å². The number of hydrogen-bond donors (Lipinski definition) is 0. The second-order valence-electron chi connectivity index (χ2n) is 6.74. The molecule has 144 valence electrons. The summed E-state index contributed by atoms with van der Waals surface area (Å²) in [7, 11) is -2.28. The van der Waals surface area contributed by atoms with Gasteiger partial charge < -0.3 is 4.74 Å². The Hall–Kier alpha value is -3.06. The van der Waals surface area contributed by atoms with E-state index in [-0.39, 0.29) is 4.90 Å². The standard InChI is InChI=1S/C21H21N3O3S/c1-15-4-6-17(7-5-15)20-14-16(2)23-21(12-13-22-23)24(20)28(25,26)19-10-8-18(27-3)9-11-19/h4-14,20H,1-3H3. The van der Waals surface area contributed by atoms with E-state index in [0.29, 0.717) is 11.6 Å². The van der Waals surface area contributed by atoms with Crippen LogP contribution in [0.2, 0.25) is 0 Å². The van der Waals surface area contributed by atoms with Crippen LogP contribution in [0, 0.1) is 6.92 Å². The lowest BCUT2D eigenvalue weighted by Gasteiger charge is -2.35. The van der Waals surface area contributed by atoms with Crippen molar-refractivity contribution in [3.63, 3.8) is 0 Å². The maximum absolute atomic E-state index is 13.6. The average Bonchev–Trinajstić information content (AvgIpc) is 3.18. The van der Waals surface area contributed by atoms with E-state index in [4.69, 9.17) is 4.74 Å². The number of methoxy groups -OCH3 is 1. The Morgan fingerprint density at radius 3 is 2.29 bits per heavy atom. The van der Waals surface area contributed by atoms with Crippen LogP contribution in [-0.4, -0.2) is 25.3 Å². The van der Waals surface area contributed by atoms with Gasteiger partial charge in [-0.15, -0.1) is 0 Å². The summed E-state index contributed by atoms with van der Waals surface area (Å²) in [6.45, 7) is 3.93. The topological polar surface area (TPSA) is 64.4 Å². The normalized spacial score (nSPS) is 16.5. The first kappa shape index (κ1) is 18.3. The number of rotatable bonds is 4. The van der Waals surface area contributed by atoms with Gasteiger partial charge in [-0.1, -0.05) is 29.8 Å². The number of nitrogens with zero attached hydrogens (tertiary/aromatic N) is 3. The Kier molecular flexibility index (Phi) is 4.47. The lowest BCUT2D eigenvalue weighted by atomic mass is 10.0. The molecule has 28 heavy (non-hydrogen) atoms. The monoisotopic (exact) mass is 395 g/mol. The molecule has 0 N–H and O–H groups in total. The highest BCUT2D eigenvalue weighted by Gasteiger charge is 2.37. The Morgan fingerprint density at radius 2 is 1.64 bits per heavy atom. The maximum Gasteiger partial charge on any atom is 0.266 e. The Bertz CT molecular complexity index is 1130. The van der Waals surface area contributed by atoms with Crippen LogP contribution in [0.3, 0.4) is 0 Å². The number of aryl methyl sites for hydroxylation is 1. The summed E-state index contributed by atoms with van der Waals surface area (Å²) in [5.74, 6) is 1.12. The third kappa shape index (κ3) is 2.97. The van der Waals surface area contributed by atoms with Gasteiger partial charge in [0.2, 0.25) is 0 Å². The first-order valence-electron chi connectivity index (χ1n) is 8.90. The van der Waals surface area contributed by atoms with Crippen molar-refractivity contribution in [2.75, 3.05) is 11.4 Å². The summed E-state index contributed by atoms with van der Waals surface area (Å²) in [4.78, 5) is 0.200. The lowest BCUT2D eigenvalue weighted by molar-refractivity contribution is 0.414. The first-order chi connectivity index (χ1) is 13.4. The molecule has 1 aliphatic rings. The first-order valence-corrected chi connectivity index (χ1v) is 10.3. The summed E-state index contributed by atoms with van der Waals surface area (Å²) in [6, 6.07) is 15.6. The average molecular weight is 395 g/mol. The van der Waals surface area contributed by atoms with Crippen LogP contribution < -0.4 is 9.04 Å². The molecule has 4 rings (SSSR count). The molecule has 1 atom stereocenters. The highest BCUT2D eigenvalue weighted by atomic mass is 32.2. The molecule has 6 nitrogen and oxygen atoms in total. The molecule has 0 saturated carbocycles. The molecule has 1 unspecified atom stereocenters. The Morgan fingerprint density at radius 1 is 0.964 bits per heavy atom. The summed E-state index contributed by atoms with van der Waals surface area (Å²) in [5, 5.41) is 4.29. The summed E-state index contributed by atoms with van der Waals surface area (Å²) in [6.07, 6.45) is 3.53. The van der Waals surface area contributed by atoms with Crippen LogP contribution in [0.25, 0.3) is 5.70 Å². The molecule has 0 fully saturated rings. The van der Waals surface area contributed by atoms with Gasteiger partial charge in [-0.25, -0.2) is 17.4 Å². The van der Waals surface area contributed by atoms with Gasteiger partial charge in [-0.05, 0) is 49.8 Å². The zero-order chi connectivity index (χ0) is 19.9. The molecule has 0 spiro atoms. The molecule has 0 bridgehead atoms. The van der Waals surface area contributed by atoms with Crippen molar-refractivity contribution in [3.8, 4) is 5.75 Å². The van der Waals surface area contributed by atoms with E-state index in [1.165, 1.54) is 4.31 Å². The minimum absolute atomic E-state index is 0.200. The van der Waals surface area contributed by atoms with E-state index in [1.807, 2.05) is 44.2 Å². The fourth-order valence-corrected chi connectivity index (χ4v) is 4.95. The van der Waals surface area contributed by atoms with Gasteiger partial charge in [0.05, 0.1) is 24.2 Å². The van der Waals surface area contributed by atoms with E-state index in [2.05, 4.69) is 5.10 Å². The molecule has 7 heteroatoms. The minimum Gasteiger partial charge on any atom is -0.497 e. The van der Waals surface area contributed by atoms with E-state index in [1.54, 1.807) is 48.3 Å². The predicted octanol–water partition coefficient (Wildman–Crippen LogP) is 4.01. The molecular weight excluding hydrogens is 374 g/mol. The van der Waals surface area contributed by atoms with Crippen LogP contribution in [0.1, 0.15) is 24.1 Å². The maximum atomic E-state index is 13.6. The predicted molar refractivity (Wildman–Crippen MR) is 109 cm³/mol. The number of fused-ring (bicyclic) bond motifs is 1. The quantitative estimate of drug-likeness (QED) is 0.670. The smallest absolute Gasteiger partial charge is 0.266 e.